The second kappa shape index (κ2) is 2.35. The molecule has 0 amide bonds. The lowest BCUT2D eigenvalue weighted by Crippen LogP contribution is -2.57. The summed E-state index contributed by atoms with van der Waals surface area (Å²) in [7, 11) is 0. The Labute approximate surface area is 62.2 Å². The molecule has 1 rings (SSSR count). The number of carbonyl (C=O) groups is 1. The zero-order valence-electron chi connectivity index (χ0n) is 6.92. The highest BCUT2D eigenvalue weighted by molar-refractivity contribution is 5.59. The van der Waals surface area contributed by atoms with Gasteiger partial charge in [-0.2, -0.15) is 0 Å². The minimum Gasteiger partial charge on any atom is -0.302 e. The third kappa shape index (κ3) is 1.21. The summed E-state index contributed by atoms with van der Waals surface area (Å²) in [5.74, 6) is 0. The van der Waals surface area contributed by atoms with Gasteiger partial charge in [0.2, 0.25) is 0 Å². The Balaban J connectivity index is 2.50. The topological polar surface area (TPSA) is 20.3 Å². The highest BCUT2D eigenvalue weighted by atomic mass is 16.1. The van der Waals surface area contributed by atoms with Crippen LogP contribution >= 0.6 is 0 Å². The Morgan fingerprint density at radius 3 is 2.20 bits per heavy atom. The number of carbonyl (C=O) groups excluding carboxylic acids is 1. The van der Waals surface area contributed by atoms with Crippen molar-refractivity contribution in [3.8, 4) is 0 Å². The van der Waals surface area contributed by atoms with Gasteiger partial charge in [0.25, 0.3) is 0 Å². The molecule has 0 spiro atoms. The number of nitrogens with zero attached hydrogens (tertiary/aromatic N) is 1. The molecular weight excluding hydrogens is 126 g/mol. The standard InChI is InChI=1S/C8H15NO/c1-8(2,3)9-5-4-7(9)6-10/h6-7H,4-5H2,1-3H3. The Morgan fingerprint density at radius 1 is 1.50 bits per heavy atom. The first kappa shape index (κ1) is 7.73. The fourth-order valence-corrected chi connectivity index (χ4v) is 1.38. The molecule has 1 aliphatic heterocycles. The van der Waals surface area contributed by atoms with Gasteiger partial charge in [0.15, 0.2) is 0 Å². The molecule has 0 aromatic heterocycles. The molecule has 1 heterocycles. The minimum absolute atomic E-state index is 0.170. The van der Waals surface area contributed by atoms with Crippen molar-refractivity contribution in [2.75, 3.05) is 6.54 Å². The van der Waals surface area contributed by atoms with E-state index in [0.717, 1.165) is 19.3 Å². The van der Waals surface area contributed by atoms with Crippen molar-refractivity contribution >= 4 is 6.29 Å². The maximum atomic E-state index is 10.4. The van der Waals surface area contributed by atoms with Crippen LogP contribution in [0, 0.1) is 0 Å². The van der Waals surface area contributed by atoms with E-state index in [0.29, 0.717) is 0 Å². The van der Waals surface area contributed by atoms with Crippen LogP contribution in [-0.2, 0) is 4.79 Å². The molecule has 0 radical (unpaired) electrons. The zero-order chi connectivity index (χ0) is 7.78. The SMILES string of the molecule is CC(C)(C)N1CCC1C=O. The molecule has 1 aliphatic rings. The van der Waals surface area contributed by atoms with Gasteiger partial charge >= 0.3 is 0 Å². The summed E-state index contributed by atoms with van der Waals surface area (Å²) in [5.41, 5.74) is 0.170. The van der Waals surface area contributed by atoms with Crippen molar-refractivity contribution in [1.82, 2.24) is 4.90 Å². The van der Waals surface area contributed by atoms with Crippen molar-refractivity contribution < 1.29 is 4.79 Å². The molecule has 1 atom stereocenters. The van der Waals surface area contributed by atoms with Crippen LogP contribution in [-0.4, -0.2) is 29.3 Å². The predicted molar refractivity (Wildman–Crippen MR) is 40.9 cm³/mol. The molecule has 10 heavy (non-hydrogen) atoms. The van der Waals surface area contributed by atoms with E-state index in [4.69, 9.17) is 0 Å². The summed E-state index contributed by atoms with van der Waals surface area (Å²) in [4.78, 5) is 12.6. The molecular formula is C8H15NO. The highest BCUT2D eigenvalue weighted by Crippen LogP contribution is 2.25. The van der Waals surface area contributed by atoms with Crippen molar-refractivity contribution in [3.63, 3.8) is 0 Å². The van der Waals surface area contributed by atoms with E-state index in [9.17, 15) is 4.79 Å². The maximum absolute atomic E-state index is 10.4. The third-order valence-corrected chi connectivity index (χ3v) is 2.08. The van der Waals surface area contributed by atoms with Crippen LogP contribution < -0.4 is 0 Å². The first-order chi connectivity index (χ1) is 4.55. The van der Waals surface area contributed by atoms with Crippen LogP contribution in [0.4, 0.5) is 0 Å². The van der Waals surface area contributed by atoms with Gasteiger partial charge < -0.3 is 4.79 Å². The van der Waals surface area contributed by atoms with Gasteiger partial charge in [-0.05, 0) is 27.2 Å². The second-order valence-electron chi connectivity index (χ2n) is 3.86. The van der Waals surface area contributed by atoms with E-state index < -0.39 is 0 Å². The van der Waals surface area contributed by atoms with Crippen LogP contribution in [0.1, 0.15) is 27.2 Å². The summed E-state index contributed by atoms with van der Waals surface area (Å²) in [6.45, 7) is 7.50. The summed E-state index contributed by atoms with van der Waals surface area (Å²) in [6, 6.07) is 0.194. The van der Waals surface area contributed by atoms with E-state index >= 15 is 0 Å². The second-order valence-corrected chi connectivity index (χ2v) is 3.86. The van der Waals surface area contributed by atoms with Gasteiger partial charge in [-0.15, -0.1) is 0 Å². The number of hydrogen-bond acceptors (Lipinski definition) is 2. The summed E-state index contributed by atoms with van der Waals surface area (Å²) in [5, 5.41) is 0. The fourth-order valence-electron chi connectivity index (χ4n) is 1.38. The lowest BCUT2D eigenvalue weighted by molar-refractivity contribution is -0.120. The van der Waals surface area contributed by atoms with Gasteiger partial charge in [-0.3, -0.25) is 4.90 Å². The first-order valence-electron chi connectivity index (χ1n) is 3.78. The molecule has 0 aromatic rings. The Hall–Kier alpha value is -0.370. The molecule has 2 heteroatoms. The Bertz CT molecular complexity index is 137. The van der Waals surface area contributed by atoms with Gasteiger partial charge in [0, 0.05) is 12.1 Å². The van der Waals surface area contributed by atoms with Crippen LogP contribution in [0.25, 0.3) is 0 Å². The maximum Gasteiger partial charge on any atom is 0.137 e. The van der Waals surface area contributed by atoms with Crippen molar-refractivity contribution in [2.24, 2.45) is 0 Å². The summed E-state index contributed by atoms with van der Waals surface area (Å²) < 4.78 is 0. The van der Waals surface area contributed by atoms with Crippen LogP contribution in [0.5, 0.6) is 0 Å². The molecule has 0 saturated carbocycles. The highest BCUT2D eigenvalue weighted by Gasteiger charge is 2.35. The Kier molecular flexibility index (Phi) is 1.82. The fraction of sp³-hybridized carbons (Fsp3) is 0.875. The van der Waals surface area contributed by atoms with E-state index in [1.165, 1.54) is 0 Å². The molecule has 0 aliphatic carbocycles. The summed E-state index contributed by atoms with van der Waals surface area (Å²) >= 11 is 0. The van der Waals surface area contributed by atoms with Crippen molar-refractivity contribution in [1.29, 1.82) is 0 Å². The monoisotopic (exact) mass is 141 g/mol. The minimum atomic E-state index is 0.170. The first-order valence-corrected chi connectivity index (χ1v) is 3.78. The average molecular weight is 141 g/mol. The molecule has 0 aromatic carbocycles. The normalized spacial score (nSPS) is 27.7. The van der Waals surface area contributed by atoms with Gasteiger partial charge in [0.05, 0.1) is 6.04 Å². The van der Waals surface area contributed by atoms with E-state index in [1.807, 2.05) is 0 Å². The number of hydrogen-bond donors (Lipinski definition) is 0. The average Bonchev–Trinajstić information content (AvgIpc) is 1.57. The van der Waals surface area contributed by atoms with Crippen molar-refractivity contribution in [2.45, 2.75) is 38.8 Å². The number of likely N-dealkylation sites (tertiary alicyclic amines) is 1. The predicted octanol–water partition coefficient (Wildman–Crippen LogP) is 1.06. The number of rotatable bonds is 1. The van der Waals surface area contributed by atoms with Crippen LogP contribution in [0.3, 0.4) is 0 Å². The van der Waals surface area contributed by atoms with E-state index in [1.54, 1.807) is 0 Å². The van der Waals surface area contributed by atoms with Gasteiger partial charge in [-0.25, -0.2) is 0 Å². The van der Waals surface area contributed by atoms with Crippen molar-refractivity contribution in [3.05, 3.63) is 0 Å². The lowest BCUT2D eigenvalue weighted by Gasteiger charge is -2.46. The molecule has 0 bridgehead atoms. The molecule has 1 unspecified atom stereocenters. The van der Waals surface area contributed by atoms with Gasteiger partial charge in [-0.1, -0.05) is 0 Å². The van der Waals surface area contributed by atoms with Crippen LogP contribution in [0.2, 0.25) is 0 Å². The van der Waals surface area contributed by atoms with E-state index in [2.05, 4.69) is 25.7 Å². The smallest absolute Gasteiger partial charge is 0.137 e. The summed E-state index contributed by atoms with van der Waals surface area (Å²) in [6.07, 6.45) is 2.09. The third-order valence-electron chi connectivity index (χ3n) is 2.08. The molecule has 0 N–H and O–H groups in total. The zero-order valence-corrected chi connectivity index (χ0v) is 6.92. The molecule has 2 nitrogen and oxygen atoms in total. The molecule has 1 fully saturated rings. The molecule has 1 saturated heterocycles. The van der Waals surface area contributed by atoms with Gasteiger partial charge in [0.1, 0.15) is 6.29 Å². The van der Waals surface area contributed by atoms with E-state index in [-0.39, 0.29) is 11.6 Å². The Morgan fingerprint density at radius 2 is 2.10 bits per heavy atom. The quantitative estimate of drug-likeness (QED) is 0.509. The lowest BCUT2D eigenvalue weighted by atomic mass is 9.94. The molecule has 58 valence electrons. The number of aldehydes is 1. The largest absolute Gasteiger partial charge is 0.302 e. The van der Waals surface area contributed by atoms with Crippen LogP contribution in [0.15, 0.2) is 0 Å².